The number of aliphatic imine (C=N–C) groups is 2. The molecule has 8 aromatic rings. The third-order valence-corrected chi connectivity index (χ3v) is 8.64. The predicted octanol–water partition coefficient (Wildman–Crippen LogP) is 8.47. The molecule has 7 nitrogen and oxygen atoms in total. The molecule has 1 atom stereocenters. The molecule has 9 rings (SSSR count). The van der Waals surface area contributed by atoms with E-state index in [4.69, 9.17) is 20.0 Å². The lowest BCUT2D eigenvalue weighted by atomic mass is 9.98. The zero-order chi connectivity index (χ0) is 30.5. The summed E-state index contributed by atoms with van der Waals surface area (Å²) in [5.41, 5.74) is 12.0. The summed E-state index contributed by atoms with van der Waals surface area (Å²) < 4.78 is 2.14. The van der Waals surface area contributed by atoms with Gasteiger partial charge in [-0.05, 0) is 53.6 Å². The van der Waals surface area contributed by atoms with Crippen LogP contribution in [0.5, 0.6) is 0 Å². The maximum Gasteiger partial charge on any atom is 0.155 e. The standard InChI is InChI=1S/C39H27N7/c1-2-12-31-30(11-1)37-38(46-21-4-3-14-35(46)45-37)36(42-31)28-9-5-8-27(22-28)25-15-17-26(18-16-25)39-43-33(29-10-6-19-40-24-29)23-34(44-39)32-13-7-20-41-32/h1-22,24,34,41H,23H2. The van der Waals surface area contributed by atoms with E-state index < -0.39 is 0 Å². The van der Waals surface area contributed by atoms with Gasteiger partial charge in [-0.15, -0.1) is 0 Å². The van der Waals surface area contributed by atoms with Crippen molar-refractivity contribution in [2.75, 3.05) is 0 Å². The number of para-hydroxylation sites is 1. The van der Waals surface area contributed by atoms with E-state index in [1.165, 1.54) is 0 Å². The fourth-order valence-electron chi connectivity index (χ4n) is 6.38. The Hall–Kier alpha value is -6.21. The largest absolute Gasteiger partial charge is 0.363 e. The van der Waals surface area contributed by atoms with Crippen LogP contribution in [0.2, 0.25) is 0 Å². The van der Waals surface area contributed by atoms with Crippen molar-refractivity contribution in [1.29, 1.82) is 0 Å². The Morgan fingerprint density at radius 3 is 2.41 bits per heavy atom. The van der Waals surface area contributed by atoms with Gasteiger partial charge in [-0.25, -0.2) is 15.0 Å². The molecule has 46 heavy (non-hydrogen) atoms. The van der Waals surface area contributed by atoms with Crippen LogP contribution in [0.15, 0.2) is 150 Å². The topological polar surface area (TPSA) is 83.6 Å². The molecule has 0 saturated heterocycles. The van der Waals surface area contributed by atoms with Crippen molar-refractivity contribution in [1.82, 2.24) is 24.3 Å². The fraction of sp³-hybridized carbons (Fsp3) is 0.0513. The highest BCUT2D eigenvalue weighted by atomic mass is 15.0. The molecule has 0 radical (unpaired) electrons. The minimum atomic E-state index is -0.0417. The monoisotopic (exact) mass is 593 g/mol. The average molecular weight is 594 g/mol. The lowest BCUT2D eigenvalue weighted by molar-refractivity contribution is 0.731. The molecule has 0 amide bonds. The second-order valence-corrected chi connectivity index (χ2v) is 11.5. The number of pyridine rings is 3. The van der Waals surface area contributed by atoms with Gasteiger partial charge in [0.2, 0.25) is 0 Å². The van der Waals surface area contributed by atoms with E-state index in [9.17, 15) is 0 Å². The van der Waals surface area contributed by atoms with Crippen LogP contribution in [0.1, 0.15) is 29.3 Å². The van der Waals surface area contributed by atoms with E-state index in [-0.39, 0.29) is 6.04 Å². The molecule has 0 fully saturated rings. The number of nitrogens with zero attached hydrogens (tertiary/aromatic N) is 6. The highest BCUT2D eigenvalue weighted by molar-refractivity contribution is 6.14. The van der Waals surface area contributed by atoms with Crippen molar-refractivity contribution in [3.05, 3.63) is 157 Å². The van der Waals surface area contributed by atoms with Crippen LogP contribution in [-0.4, -0.2) is 35.9 Å². The fourth-order valence-corrected chi connectivity index (χ4v) is 6.38. The van der Waals surface area contributed by atoms with E-state index in [0.29, 0.717) is 6.42 Å². The van der Waals surface area contributed by atoms with Gasteiger partial charge >= 0.3 is 0 Å². The zero-order valence-electron chi connectivity index (χ0n) is 24.7. The van der Waals surface area contributed by atoms with Crippen LogP contribution >= 0.6 is 0 Å². The molecule has 218 valence electrons. The summed E-state index contributed by atoms with van der Waals surface area (Å²) in [5, 5.41) is 1.05. The number of hydrogen-bond acceptors (Lipinski definition) is 5. The highest BCUT2D eigenvalue weighted by Gasteiger charge is 2.23. The predicted molar refractivity (Wildman–Crippen MR) is 184 cm³/mol. The maximum absolute atomic E-state index is 5.17. The van der Waals surface area contributed by atoms with Crippen molar-refractivity contribution < 1.29 is 0 Å². The highest BCUT2D eigenvalue weighted by Crippen LogP contribution is 2.35. The number of aromatic amines is 1. The maximum atomic E-state index is 5.17. The molecule has 7 heteroatoms. The number of hydrogen-bond donors (Lipinski definition) is 1. The lowest BCUT2D eigenvalue weighted by Gasteiger charge is -2.20. The number of rotatable bonds is 5. The summed E-state index contributed by atoms with van der Waals surface area (Å²) in [5.74, 6) is 0.723. The number of H-pyrrole nitrogens is 1. The Morgan fingerprint density at radius 2 is 1.54 bits per heavy atom. The summed E-state index contributed by atoms with van der Waals surface area (Å²) in [6, 6.07) is 39.5. The SMILES string of the molecule is c1cncc(C2=NC(c3ccc(-c4cccc(-c5nc6ccccc6c6nc7ccccn7c56)c4)cc3)=NC(c3ccc[nH]3)C2)c1. The molecule has 1 N–H and O–H groups in total. The van der Waals surface area contributed by atoms with Crippen LogP contribution in [0.4, 0.5) is 0 Å². The van der Waals surface area contributed by atoms with E-state index in [0.717, 1.165) is 78.3 Å². The average Bonchev–Trinajstić information content (AvgIpc) is 3.81. The first-order chi connectivity index (χ1) is 22.8. The van der Waals surface area contributed by atoms with Gasteiger partial charge < -0.3 is 4.98 Å². The molecule has 0 bridgehead atoms. The van der Waals surface area contributed by atoms with Crippen LogP contribution < -0.4 is 0 Å². The normalized spacial score (nSPS) is 14.9. The Labute approximate surface area is 264 Å². The summed E-state index contributed by atoms with van der Waals surface area (Å²) in [7, 11) is 0. The van der Waals surface area contributed by atoms with Crippen molar-refractivity contribution in [2.45, 2.75) is 12.5 Å². The first kappa shape index (κ1) is 26.2. The second kappa shape index (κ2) is 10.7. The summed E-state index contributed by atoms with van der Waals surface area (Å²) >= 11 is 0. The van der Waals surface area contributed by atoms with Gasteiger partial charge in [0.1, 0.15) is 11.2 Å². The van der Waals surface area contributed by atoms with Gasteiger partial charge in [0.25, 0.3) is 0 Å². The second-order valence-electron chi connectivity index (χ2n) is 11.5. The first-order valence-electron chi connectivity index (χ1n) is 15.3. The van der Waals surface area contributed by atoms with Gasteiger partial charge in [-0.3, -0.25) is 14.4 Å². The van der Waals surface area contributed by atoms with Crippen LogP contribution in [0.25, 0.3) is 50.0 Å². The Bertz CT molecular complexity index is 2440. The molecule has 0 spiro atoms. The van der Waals surface area contributed by atoms with Crippen molar-refractivity contribution in [3.63, 3.8) is 0 Å². The van der Waals surface area contributed by atoms with E-state index >= 15 is 0 Å². The molecule has 5 aromatic heterocycles. The molecular formula is C39H27N7. The molecule has 0 aliphatic carbocycles. The molecule has 0 saturated carbocycles. The summed E-state index contributed by atoms with van der Waals surface area (Å²) in [4.78, 5) is 27.9. The molecule has 1 aliphatic heterocycles. The van der Waals surface area contributed by atoms with Crippen LogP contribution in [0.3, 0.4) is 0 Å². The summed E-state index contributed by atoms with van der Waals surface area (Å²) in [6.45, 7) is 0. The van der Waals surface area contributed by atoms with Gasteiger partial charge in [0.05, 0.1) is 28.5 Å². The van der Waals surface area contributed by atoms with Gasteiger partial charge in [-0.1, -0.05) is 72.8 Å². The number of aromatic nitrogens is 5. The minimum absolute atomic E-state index is 0.0417. The third kappa shape index (κ3) is 4.49. The number of fused-ring (bicyclic) bond motifs is 5. The Morgan fingerprint density at radius 1 is 0.696 bits per heavy atom. The van der Waals surface area contributed by atoms with Gasteiger partial charge in [0, 0.05) is 59.0 Å². The van der Waals surface area contributed by atoms with Gasteiger partial charge in [-0.2, -0.15) is 0 Å². The summed E-state index contributed by atoms with van der Waals surface area (Å²) in [6.07, 6.45) is 8.37. The lowest BCUT2D eigenvalue weighted by Crippen LogP contribution is -2.17. The molecule has 6 heterocycles. The molecular weight excluding hydrogens is 566 g/mol. The third-order valence-electron chi connectivity index (χ3n) is 8.64. The zero-order valence-corrected chi connectivity index (χ0v) is 24.7. The Balaban J connectivity index is 1.11. The first-order valence-corrected chi connectivity index (χ1v) is 15.3. The molecule has 1 unspecified atom stereocenters. The number of nitrogens with one attached hydrogen (secondary N) is 1. The van der Waals surface area contributed by atoms with E-state index in [1.807, 2.05) is 54.9 Å². The quantitative estimate of drug-likeness (QED) is 0.217. The number of benzene rings is 3. The smallest absolute Gasteiger partial charge is 0.155 e. The van der Waals surface area contributed by atoms with Crippen LogP contribution in [0, 0.1) is 0 Å². The van der Waals surface area contributed by atoms with Crippen molar-refractivity contribution in [2.24, 2.45) is 9.98 Å². The van der Waals surface area contributed by atoms with Crippen molar-refractivity contribution >= 4 is 39.1 Å². The number of imidazole rings is 1. The van der Waals surface area contributed by atoms with Crippen LogP contribution in [-0.2, 0) is 0 Å². The minimum Gasteiger partial charge on any atom is -0.363 e. The van der Waals surface area contributed by atoms with E-state index in [1.54, 1.807) is 6.20 Å². The van der Waals surface area contributed by atoms with Crippen molar-refractivity contribution in [3.8, 4) is 22.4 Å². The Kier molecular flexibility index (Phi) is 6.13. The van der Waals surface area contributed by atoms with Gasteiger partial charge in [0.15, 0.2) is 5.84 Å². The molecule has 3 aromatic carbocycles. The number of amidine groups is 1. The molecule has 1 aliphatic rings. The van der Waals surface area contributed by atoms with E-state index in [2.05, 4.69) is 93.4 Å².